The predicted octanol–water partition coefficient (Wildman–Crippen LogP) is 4.36. The van der Waals surface area contributed by atoms with E-state index in [1.165, 1.54) is 16.3 Å². The number of carbonyl (C=O) groups excluding carboxylic acids is 2. The summed E-state index contributed by atoms with van der Waals surface area (Å²) in [5.41, 5.74) is 2.00. The smallest absolute Gasteiger partial charge is 0.281 e. The van der Waals surface area contributed by atoms with E-state index in [9.17, 15) is 14.7 Å². The lowest BCUT2D eigenvalue weighted by atomic mass is 9.91. The number of benzene rings is 3. The largest absolute Gasteiger partial charge is 0.371 e. The van der Waals surface area contributed by atoms with Gasteiger partial charge in [0.2, 0.25) is 5.60 Å². The number of hydrogen-bond acceptors (Lipinski definition) is 4. The molecule has 6 heteroatoms. The number of nitrogens with zero attached hydrogens (tertiary/aromatic N) is 1. The lowest BCUT2D eigenvalue weighted by molar-refractivity contribution is -0.136. The van der Waals surface area contributed by atoms with E-state index in [0.717, 1.165) is 0 Å². The summed E-state index contributed by atoms with van der Waals surface area (Å²) in [5.74, 6) is -1.14. The van der Waals surface area contributed by atoms with Crippen molar-refractivity contribution in [3.05, 3.63) is 125 Å². The fourth-order valence-electron chi connectivity index (χ4n) is 3.25. The van der Waals surface area contributed by atoms with Gasteiger partial charge in [-0.3, -0.25) is 15.0 Å². The highest BCUT2D eigenvalue weighted by Crippen LogP contribution is 2.33. The summed E-state index contributed by atoms with van der Waals surface area (Å²) in [5, 5.41) is 14.6. The monoisotopic (exact) mass is 428 g/mol. The Morgan fingerprint density at radius 2 is 1.35 bits per heavy atom. The van der Waals surface area contributed by atoms with Crippen LogP contribution in [0.15, 0.2) is 109 Å². The van der Waals surface area contributed by atoms with Crippen LogP contribution in [0.25, 0.3) is 0 Å². The van der Waals surface area contributed by atoms with Crippen LogP contribution in [0, 0.1) is 0 Å². The van der Waals surface area contributed by atoms with E-state index >= 15 is 0 Å². The van der Waals surface area contributed by atoms with E-state index in [4.69, 9.17) is 0 Å². The van der Waals surface area contributed by atoms with Crippen molar-refractivity contribution in [2.45, 2.75) is 5.60 Å². The topological polar surface area (TPSA) is 69.6 Å². The molecule has 0 saturated carbocycles. The van der Waals surface area contributed by atoms with Crippen LogP contribution < -0.4 is 10.4 Å². The molecule has 0 aliphatic carbocycles. The number of para-hydroxylation sites is 1. The van der Waals surface area contributed by atoms with Crippen LogP contribution in [0.5, 0.6) is 0 Å². The molecule has 2 N–H and O–H groups in total. The van der Waals surface area contributed by atoms with Crippen LogP contribution >= 0.6 is 11.3 Å². The molecule has 1 heterocycles. The second kappa shape index (κ2) is 8.95. The number of nitrogens with one attached hydrogen (secondary N) is 1. The van der Waals surface area contributed by atoms with E-state index < -0.39 is 17.4 Å². The van der Waals surface area contributed by atoms with E-state index in [-0.39, 0.29) is 0 Å². The lowest BCUT2D eigenvalue weighted by Crippen LogP contribution is -2.54. The number of hydrogen-bond donors (Lipinski definition) is 2. The SMILES string of the molecule is O=C(c1ccccc1)N(NC(=O)C(O)(c1ccccc1)c1cccs1)c1ccccc1. The standard InChI is InChI=1S/C25H20N2O3S/c28-23(19-11-4-1-5-12-19)27(21-15-8-3-9-16-21)26-24(29)25(30,22-17-10-18-31-22)20-13-6-2-7-14-20/h1-18,30H,(H,26,29). The predicted molar refractivity (Wildman–Crippen MR) is 122 cm³/mol. The van der Waals surface area contributed by atoms with Crippen molar-refractivity contribution in [1.82, 2.24) is 5.43 Å². The molecule has 5 nitrogen and oxygen atoms in total. The molecule has 4 aromatic rings. The molecular weight excluding hydrogens is 408 g/mol. The maximum atomic E-state index is 13.5. The lowest BCUT2D eigenvalue weighted by Gasteiger charge is -2.31. The minimum atomic E-state index is -1.96. The van der Waals surface area contributed by atoms with Crippen LogP contribution in [-0.2, 0) is 10.4 Å². The summed E-state index contributed by atoms with van der Waals surface area (Å²) in [6.45, 7) is 0. The molecule has 0 fully saturated rings. The van der Waals surface area contributed by atoms with E-state index in [2.05, 4.69) is 5.43 Å². The molecule has 0 aliphatic rings. The molecule has 0 aliphatic heterocycles. The summed E-state index contributed by atoms with van der Waals surface area (Å²) in [4.78, 5) is 27.3. The number of rotatable bonds is 5. The first-order valence-electron chi connectivity index (χ1n) is 9.68. The van der Waals surface area contributed by atoms with Crippen molar-refractivity contribution >= 4 is 28.8 Å². The average Bonchev–Trinajstić information content (AvgIpc) is 3.39. The Labute approximate surface area is 184 Å². The molecule has 0 spiro atoms. The normalized spacial score (nSPS) is 12.5. The molecule has 4 rings (SSSR count). The van der Waals surface area contributed by atoms with Gasteiger partial charge in [-0.15, -0.1) is 11.3 Å². The Morgan fingerprint density at radius 1 is 0.774 bits per heavy atom. The second-order valence-electron chi connectivity index (χ2n) is 6.84. The highest BCUT2D eigenvalue weighted by atomic mass is 32.1. The molecule has 3 aromatic carbocycles. The van der Waals surface area contributed by atoms with E-state index in [0.29, 0.717) is 21.7 Å². The van der Waals surface area contributed by atoms with Crippen LogP contribution in [0.1, 0.15) is 20.8 Å². The summed E-state index contributed by atoms with van der Waals surface area (Å²) >= 11 is 1.27. The van der Waals surface area contributed by atoms with Crippen LogP contribution in [0.3, 0.4) is 0 Å². The van der Waals surface area contributed by atoms with Gasteiger partial charge in [-0.2, -0.15) is 0 Å². The Hall–Kier alpha value is -3.74. The highest BCUT2D eigenvalue weighted by Gasteiger charge is 2.42. The van der Waals surface area contributed by atoms with Gasteiger partial charge in [0.25, 0.3) is 11.8 Å². The van der Waals surface area contributed by atoms with Crippen molar-refractivity contribution in [2.24, 2.45) is 0 Å². The molecule has 31 heavy (non-hydrogen) atoms. The number of hydrazine groups is 1. The minimum absolute atomic E-state index is 0.408. The molecule has 1 unspecified atom stereocenters. The molecule has 2 amide bonds. The molecular formula is C25H20N2O3S. The number of carbonyl (C=O) groups is 2. The third-order valence-corrected chi connectivity index (χ3v) is 5.83. The summed E-state index contributed by atoms with van der Waals surface area (Å²) in [6.07, 6.45) is 0. The number of thiophene rings is 1. The van der Waals surface area contributed by atoms with Gasteiger partial charge in [0.1, 0.15) is 0 Å². The fraction of sp³-hybridized carbons (Fsp3) is 0.0400. The molecule has 1 atom stereocenters. The molecule has 154 valence electrons. The molecule has 0 radical (unpaired) electrons. The Bertz CT molecular complexity index is 1150. The first kappa shape index (κ1) is 20.5. The molecule has 0 saturated heterocycles. The van der Waals surface area contributed by atoms with E-state index in [1.807, 2.05) is 18.2 Å². The number of anilines is 1. The zero-order valence-electron chi connectivity index (χ0n) is 16.5. The maximum absolute atomic E-state index is 13.5. The van der Waals surface area contributed by atoms with Gasteiger partial charge in [0.15, 0.2) is 0 Å². The Kier molecular flexibility index (Phi) is 5.93. The third kappa shape index (κ3) is 4.12. The maximum Gasteiger partial charge on any atom is 0.281 e. The van der Waals surface area contributed by atoms with Crippen molar-refractivity contribution in [3.8, 4) is 0 Å². The second-order valence-corrected chi connectivity index (χ2v) is 7.78. The zero-order valence-corrected chi connectivity index (χ0v) is 17.3. The van der Waals surface area contributed by atoms with Crippen molar-refractivity contribution in [3.63, 3.8) is 0 Å². The summed E-state index contributed by atoms with van der Waals surface area (Å²) in [7, 11) is 0. The van der Waals surface area contributed by atoms with Gasteiger partial charge in [0, 0.05) is 5.56 Å². The summed E-state index contributed by atoms with van der Waals surface area (Å²) in [6, 6.07) is 29.6. The van der Waals surface area contributed by atoms with Gasteiger partial charge in [-0.05, 0) is 41.3 Å². The minimum Gasteiger partial charge on any atom is -0.371 e. The average molecular weight is 429 g/mol. The van der Waals surface area contributed by atoms with Crippen molar-refractivity contribution < 1.29 is 14.7 Å². The molecule has 0 bridgehead atoms. The Morgan fingerprint density at radius 3 is 1.94 bits per heavy atom. The van der Waals surface area contributed by atoms with Crippen LogP contribution in [0.4, 0.5) is 5.69 Å². The molecule has 1 aromatic heterocycles. The first-order chi connectivity index (χ1) is 15.1. The van der Waals surface area contributed by atoms with Crippen molar-refractivity contribution in [1.29, 1.82) is 0 Å². The Balaban J connectivity index is 1.75. The number of aliphatic hydroxyl groups is 1. The van der Waals surface area contributed by atoms with Crippen molar-refractivity contribution in [2.75, 3.05) is 5.01 Å². The number of amides is 2. The van der Waals surface area contributed by atoms with Gasteiger partial charge in [-0.25, -0.2) is 5.01 Å². The fourth-order valence-corrected chi connectivity index (χ4v) is 4.09. The van der Waals surface area contributed by atoms with Gasteiger partial charge in [0.05, 0.1) is 10.6 Å². The van der Waals surface area contributed by atoms with Gasteiger partial charge < -0.3 is 5.11 Å². The first-order valence-corrected chi connectivity index (χ1v) is 10.6. The van der Waals surface area contributed by atoms with Crippen LogP contribution in [0.2, 0.25) is 0 Å². The zero-order chi connectivity index (χ0) is 21.7. The van der Waals surface area contributed by atoms with E-state index in [1.54, 1.807) is 90.3 Å². The van der Waals surface area contributed by atoms with Gasteiger partial charge >= 0.3 is 0 Å². The highest BCUT2D eigenvalue weighted by molar-refractivity contribution is 7.10. The quantitative estimate of drug-likeness (QED) is 0.464. The van der Waals surface area contributed by atoms with Gasteiger partial charge in [-0.1, -0.05) is 72.8 Å². The summed E-state index contributed by atoms with van der Waals surface area (Å²) < 4.78 is 0. The third-order valence-electron chi connectivity index (χ3n) is 4.85. The van der Waals surface area contributed by atoms with Crippen LogP contribution in [-0.4, -0.2) is 16.9 Å².